The number of rotatable bonds is 2. The molecule has 0 radical (unpaired) electrons. The zero-order valence-electron chi connectivity index (χ0n) is 5.06. The molecule has 0 unspecified atom stereocenters. The quantitative estimate of drug-likeness (QED) is 0.324. The van der Waals surface area contributed by atoms with Crippen molar-refractivity contribution in [1.29, 1.82) is 5.41 Å². The van der Waals surface area contributed by atoms with Crippen molar-refractivity contribution in [3.05, 3.63) is 11.1 Å². The van der Waals surface area contributed by atoms with E-state index in [2.05, 4.69) is 0 Å². The summed E-state index contributed by atoms with van der Waals surface area (Å²) in [4.78, 5) is 9.94. The predicted octanol–water partition coefficient (Wildman–Crippen LogP) is 1.17. The first-order valence-electron chi connectivity index (χ1n) is 2.35. The van der Waals surface area contributed by atoms with E-state index >= 15 is 0 Å². The Kier molecular flexibility index (Phi) is 2.77. The number of carbonyl (C=O) groups is 1. The van der Waals surface area contributed by atoms with Gasteiger partial charge in [-0.1, -0.05) is 0 Å². The van der Waals surface area contributed by atoms with Crippen LogP contribution < -0.4 is 0 Å². The average molecular weight is 111 g/mol. The average Bonchev–Trinajstić information content (AvgIpc) is 1.84. The van der Waals surface area contributed by atoms with Crippen molar-refractivity contribution in [2.75, 3.05) is 0 Å². The van der Waals surface area contributed by atoms with Gasteiger partial charge in [0.2, 0.25) is 0 Å². The molecule has 0 atom stereocenters. The fourth-order valence-corrected chi connectivity index (χ4v) is 0.207. The summed E-state index contributed by atoms with van der Waals surface area (Å²) in [6, 6.07) is 0. The molecular weight excluding hydrogens is 102 g/mol. The molecule has 0 heterocycles. The van der Waals surface area contributed by atoms with Crippen LogP contribution in [0.2, 0.25) is 0 Å². The van der Waals surface area contributed by atoms with Gasteiger partial charge in [0.05, 0.1) is 0 Å². The Balaban J connectivity index is 4.25. The lowest BCUT2D eigenvalue weighted by molar-refractivity contribution is -0.104. The third-order valence-electron chi connectivity index (χ3n) is 1.02. The van der Waals surface area contributed by atoms with Crippen molar-refractivity contribution in [3.8, 4) is 0 Å². The first-order valence-corrected chi connectivity index (χ1v) is 2.35. The minimum Gasteiger partial charge on any atom is -0.308 e. The summed E-state index contributed by atoms with van der Waals surface area (Å²) in [5, 5.41) is 6.70. The smallest absolute Gasteiger partial charge is 0.146 e. The van der Waals surface area contributed by atoms with Crippen LogP contribution in [-0.4, -0.2) is 12.5 Å². The lowest BCUT2D eigenvalue weighted by Crippen LogP contribution is -1.84. The number of hydrogen-bond acceptors (Lipinski definition) is 2. The number of nitrogens with one attached hydrogen (secondary N) is 1. The highest BCUT2D eigenvalue weighted by molar-refractivity contribution is 5.86. The molecule has 0 aromatic carbocycles. The molecule has 0 rings (SSSR count). The van der Waals surface area contributed by atoms with Gasteiger partial charge >= 0.3 is 0 Å². The Morgan fingerprint density at radius 1 is 1.38 bits per heavy atom. The molecule has 0 aliphatic rings. The van der Waals surface area contributed by atoms with Gasteiger partial charge in [-0.3, -0.25) is 4.79 Å². The minimum atomic E-state index is 0.625. The van der Waals surface area contributed by atoms with Crippen LogP contribution in [0.25, 0.3) is 0 Å². The van der Waals surface area contributed by atoms with E-state index in [1.165, 1.54) is 6.21 Å². The van der Waals surface area contributed by atoms with Gasteiger partial charge in [0.15, 0.2) is 0 Å². The maximum Gasteiger partial charge on any atom is 0.146 e. The van der Waals surface area contributed by atoms with E-state index in [9.17, 15) is 4.79 Å². The molecule has 2 heteroatoms. The number of aldehydes is 1. The zero-order valence-corrected chi connectivity index (χ0v) is 5.06. The maximum atomic E-state index is 9.94. The molecule has 0 aliphatic carbocycles. The van der Waals surface area contributed by atoms with Gasteiger partial charge in [0.25, 0.3) is 0 Å². The van der Waals surface area contributed by atoms with Crippen molar-refractivity contribution in [2.45, 2.75) is 13.8 Å². The van der Waals surface area contributed by atoms with Gasteiger partial charge in [0.1, 0.15) is 6.29 Å². The summed E-state index contributed by atoms with van der Waals surface area (Å²) in [5.41, 5.74) is 1.35. The third-order valence-corrected chi connectivity index (χ3v) is 1.02. The number of hydrogen-bond donors (Lipinski definition) is 1. The van der Waals surface area contributed by atoms with E-state index in [0.29, 0.717) is 5.57 Å². The fourth-order valence-electron chi connectivity index (χ4n) is 0.207. The van der Waals surface area contributed by atoms with Gasteiger partial charge < -0.3 is 5.41 Å². The van der Waals surface area contributed by atoms with E-state index in [-0.39, 0.29) is 0 Å². The molecule has 0 saturated heterocycles. The van der Waals surface area contributed by atoms with Crippen molar-refractivity contribution >= 4 is 12.5 Å². The van der Waals surface area contributed by atoms with E-state index in [0.717, 1.165) is 11.9 Å². The maximum absolute atomic E-state index is 9.94. The van der Waals surface area contributed by atoms with Crippen molar-refractivity contribution in [1.82, 2.24) is 0 Å². The van der Waals surface area contributed by atoms with E-state index in [1.54, 1.807) is 13.8 Å². The third kappa shape index (κ3) is 1.69. The molecule has 0 fully saturated rings. The molecule has 0 aromatic rings. The summed E-state index contributed by atoms with van der Waals surface area (Å²) in [6.07, 6.45) is 1.92. The summed E-state index contributed by atoms with van der Waals surface area (Å²) in [6.45, 7) is 3.42. The Morgan fingerprint density at radius 3 is 2.00 bits per heavy atom. The second-order valence-corrected chi connectivity index (χ2v) is 1.63. The molecule has 0 bridgehead atoms. The van der Waals surface area contributed by atoms with Gasteiger partial charge in [-0.15, -0.1) is 0 Å². The minimum absolute atomic E-state index is 0.625. The first kappa shape index (κ1) is 7.08. The van der Waals surface area contributed by atoms with Crippen molar-refractivity contribution in [2.24, 2.45) is 0 Å². The summed E-state index contributed by atoms with van der Waals surface area (Å²) < 4.78 is 0. The van der Waals surface area contributed by atoms with Crippen LogP contribution in [0.15, 0.2) is 11.1 Å². The van der Waals surface area contributed by atoms with Crippen LogP contribution in [0.4, 0.5) is 0 Å². The molecule has 1 N–H and O–H groups in total. The largest absolute Gasteiger partial charge is 0.308 e. The van der Waals surface area contributed by atoms with E-state index in [4.69, 9.17) is 5.41 Å². The molecule has 8 heavy (non-hydrogen) atoms. The monoisotopic (exact) mass is 111 g/mol. The summed E-state index contributed by atoms with van der Waals surface area (Å²) in [5.74, 6) is 0. The number of allylic oxidation sites excluding steroid dienone is 2. The predicted molar refractivity (Wildman–Crippen MR) is 33.2 cm³/mol. The first-order chi connectivity index (χ1) is 3.72. The second kappa shape index (κ2) is 3.13. The zero-order chi connectivity index (χ0) is 6.57. The van der Waals surface area contributed by atoms with Crippen molar-refractivity contribution in [3.63, 3.8) is 0 Å². The fraction of sp³-hybridized carbons (Fsp3) is 0.333. The SMILES string of the molecule is C/C(C=N)=C(\C)C=O. The highest BCUT2D eigenvalue weighted by atomic mass is 16.1. The Bertz CT molecular complexity index is 119. The standard InChI is InChI=1S/C6H9NO/c1-5(3-7)6(2)4-8/h3-4,7H,1-2H3/b6-5-,7-3?. The van der Waals surface area contributed by atoms with Crippen molar-refractivity contribution < 1.29 is 4.79 Å². The topological polar surface area (TPSA) is 40.9 Å². The molecule has 0 amide bonds. The van der Waals surface area contributed by atoms with Crippen LogP contribution in [-0.2, 0) is 4.79 Å². The lowest BCUT2D eigenvalue weighted by Gasteiger charge is -1.88. The van der Waals surface area contributed by atoms with E-state index in [1.807, 2.05) is 0 Å². The van der Waals surface area contributed by atoms with E-state index < -0.39 is 0 Å². The summed E-state index contributed by atoms with van der Waals surface area (Å²) in [7, 11) is 0. The van der Waals surface area contributed by atoms with Gasteiger partial charge in [-0.2, -0.15) is 0 Å². The number of carbonyl (C=O) groups excluding carboxylic acids is 1. The van der Waals surface area contributed by atoms with Crippen LogP contribution in [0.1, 0.15) is 13.8 Å². The molecule has 0 aliphatic heterocycles. The Morgan fingerprint density at radius 2 is 1.88 bits per heavy atom. The molecule has 44 valence electrons. The highest BCUT2D eigenvalue weighted by Crippen LogP contribution is 1.94. The van der Waals surface area contributed by atoms with Crippen LogP contribution in [0.3, 0.4) is 0 Å². The molecular formula is C6H9NO. The normalized spacial score (nSPS) is 12.2. The molecule has 2 nitrogen and oxygen atoms in total. The molecule has 0 saturated carbocycles. The molecule has 0 aromatic heterocycles. The Labute approximate surface area is 48.7 Å². The van der Waals surface area contributed by atoms with Crippen LogP contribution in [0, 0.1) is 5.41 Å². The van der Waals surface area contributed by atoms with Gasteiger partial charge in [-0.25, -0.2) is 0 Å². The molecule has 0 spiro atoms. The van der Waals surface area contributed by atoms with Crippen LogP contribution >= 0.6 is 0 Å². The highest BCUT2D eigenvalue weighted by Gasteiger charge is 1.87. The summed E-state index contributed by atoms with van der Waals surface area (Å²) >= 11 is 0. The van der Waals surface area contributed by atoms with Gasteiger partial charge in [-0.05, 0) is 25.0 Å². The lowest BCUT2D eigenvalue weighted by atomic mass is 10.2. The Hall–Kier alpha value is -0.920. The van der Waals surface area contributed by atoms with Crippen LogP contribution in [0.5, 0.6) is 0 Å². The second-order valence-electron chi connectivity index (χ2n) is 1.63. The van der Waals surface area contributed by atoms with Gasteiger partial charge in [0, 0.05) is 6.21 Å².